The minimum Gasteiger partial charge on any atom is -0.324 e. The van der Waals surface area contributed by atoms with Crippen LogP contribution in [0.15, 0.2) is 34.6 Å². The van der Waals surface area contributed by atoms with E-state index in [9.17, 15) is 13.2 Å². The highest BCUT2D eigenvalue weighted by molar-refractivity contribution is 7.99. The van der Waals surface area contributed by atoms with E-state index in [2.05, 4.69) is 15.5 Å². The van der Waals surface area contributed by atoms with Gasteiger partial charge in [-0.05, 0) is 31.0 Å². The van der Waals surface area contributed by atoms with Crippen LogP contribution in [0.3, 0.4) is 0 Å². The number of benzene rings is 1. The average molecular weight is 430 g/mol. The third-order valence-corrected chi connectivity index (χ3v) is 7.43. The number of nitrogens with zero attached hydrogens (tertiary/aromatic N) is 4. The number of aromatic nitrogens is 3. The molecule has 0 radical (unpaired) electrons. The van der Waals surface area contributed by atoms with Gasteiger partial charge in [0.05, 0.1) is 21.4 Å². The second-order valence-electron chi connectivity index (χ2n) is 6.17. The zero-order valence-corrected chi connectivity index (χ0v) is 17.1. The maximum atomic E-state index is 12.8. The van der Waals surface area contributed by atoms with Crippen molar-refractivity contribution >= 4 is 45.0 Å². The number of thioether (sulfide) groups is 1. The van der Waals surface area contributed by atoms with E-state index in [4.69, 9.17) is 11.6 Å². The Hall–Kier alpha value is -1.62. The lowest BCUT2D eigenvalue weighted by molar-refractivity contribution is -0.113. The number of anilines is 1. The molecule has 1 N–H and O–H groups in total. The summed E-state index contributed by atoms with van der Waals surface area (Å²) in [6, 6.07) is 4.37. The van der Waals surface area contributed by atoms with Crippen LogP contribution < -0.4 is 5.32 Å². The Labute approximate surface area is 167 Å². The number of amides is 1. The Morgan fingerprint density at radius 2 is 2.04 bits per heavy atom. The summed E-state index contributed by atoms with van der Waals surface area (Å²) in [6.07, 6.45) is 4.30. The quantitative estimate of drug-likeness (QED) is 0.708. The second kappa shape index (κ2) is 8.59. The van der Waals surface area contributed by atoms with Crippen LogP contribution >= 0.6 is 23.4 Å². The normalized spacial score (nSPS) is 15.6. The van der Waals surface area contributed by atoms with Crippen LogP contribution in [0, 0.1) is 0 Å². The lowest BCUT2D eigenvalue weighted by Crippen LogP contribution is -2.35. The Balaban J connectivity index is 1.71. The average Bonchev–Trinajstić information content (AvgIpc) is 3.07. The number of carbonyl (C=O) groups excluding carboxylic acids is 1. The van der Waals surface area contributed by atoms with Crippen LogP contribution in [0.1, 0.15) is 19.3 Å². The number of hydrogen-bond acceptors (Lipinski definition) is 6. The molecule has 8 nitrogen and oxygen atoms in total. The van der Waals surface area contributed by atoms with E-state index in [1.165, 1.54) is 34.3 Å². The van der Waals surface area contributed by atoms with Crippen LogP contribution in [0.2, 0.25) is 5.02 Å². The van der Waals surface area contributed by atoms with Gasteiger partial charge in [-0.25, -0.2) is 8.42 Å². The van der Waals surface area contributed by atoms with Gasteiger partial charge < -0.3 is 9.88 Å². The standard InChI is InChI=1S/C16H20ClN5O3S2/c1-21-11-18-20-16(21)26-10-15(23)19-14-9-12(5-6-13(14)17)27(24,25)22-7-3-2-4-8-22/h5-6,9,11H,2-4,7-8,10H2,1H3,(H,19,23). The summed E-state index contributed by atoms with van der Waals surface area (Å²) in [5, 5.41) is 11.2. The summed E-state index contributed by atoms with van der Waals surface area (Å²) in [5.74, 6) is -0.205. The third kappa shape index (κ3) is 4.81. The topological polar surface area (TPSA) is 97.2 Å². The second-order valence-corrected chi connectivity index (χ2v) is 9.46. The predicted molar refractivity (Wildman–Crippen MR) is 104 cm³/mol. The number of sulfonamides is 1. The molecule has 1 aromatic heterocycles. The summed E-state index contributed by atoms with van der Waals surface area (Å²) < 4.78 is 28.8. The lowest BCUT2D eigenvalue weighted by atomic mass is 10.2. The van der Waals surface area contributed by atoms with Crippen molar-refractivity contribution in [1.29, 1.82) is 0 Å². The molecule has 2 heterocycles. The van der Waals surface area contributed by atoms with Crippen LogP contribution in [0.4, 0.5) is 5.69 Å². The van der Waals surface area contributed by atoms with Gasteiger partial charge in [-0.2, -0.15) is 4.31 Å². The summed E-state index contributed by atoms with van der Waals surface area (Å²) >= 11 is 7.37. The van der Waals surface area contributed by atoms with Gasteiger partial charge in [0.15, 0.2) is 5.16 Å². The predicted octanol–water partition coefficient (Wildman–Crippen LogP) is 2.37. The van der Waals surface area contributed by atoms with Gasteiger partial charge in [-0.3, -0.25) is 4.79 Å². The van der Waals surface area contributed by atoms with Gasteiger partial charge in [0.25, 0.3) is 0 Å². The van der Waals surface area contributed by atoms with Crippen molar-refractivity contribution in [3.8, 4) is 0 Å². The monoisotopic (exact) mass is 429 g/mol. The molecule has 0 atom stereocenters. The SMILES string of the molecule is Cn1cnnc1SCC(=O)Nc1cc(S(=O)(=O)N2CCCCC2)ccc1Cl. The first-order valence-electron chi connectivity index (χ1n) is 8.44. The smallest absolute Gasteiger partial charge is 0.243 e. The van der Waals surface area contributed by atoms with Crippen molar-refractivity contribution in [1.82, 2.24) is 19.1 Å². The van der Waals surface area contributed by atoms with Crippen LogP contribution in [-0.4, -0.2) is 52.2 Å². The van der Waals surface area contributed by atoms with E-state index in [0.29, 0.717) is 18.2 Å². The summed E-state index contributed by atoms with van der Waals surface area (Å²) in [6.45, 7) is 1.03. The molecule has 1 aliphatic rings. The number of halogens is 1. The van der Waals surface area contributed by atoms with Crippen LogP contribution in [-0.2, 0) is 21.9 Å². The van der Waals surface area contributed by atoms with Crippen LogP contribution in [0.5, 0.6) is 0 Å². The van der Waals surface area contributed by atoms with Crippen LogP contribution in [0.25, 0.3) is 0 Å². The largest absolute Gasteiger partial charge is 0.324 e. The van der Waals surface area contributed by atoms with E-state index in [0.717, 1.165) is 19.3 Å². The number of carbonyl (C=O) groups is 1. The molecule has 0 spiro atoms. The van der Waals surface area contributed by atoms with Crippen molar-refractivity contribution < 1.29 is 13.2 Å². The fourth-order valence-corrected chi connectivity index (χ4v) is 5.13. The van der Waals surface area contributed by atoms with Gasteiger partial charge in [0, 0.05) is 20.1 Å². The Kier molecular flexibility index (Phi) is 6.40. The Morgan fingerprint density at radius 1 is 1.30 bits per heavy atom. The molecule has 146 valence electrons. The first-order valence-corrected chi connectivity index (χ1v) is 11.2. The first-order chi connectivity index (χ1) is 12.9. The molecule has 0 unspecified atom stereocenters. The summed E-state index contributed by atoms with van der Waals surface area (Å²) in [4.78, 5) is 12.4. The molecule has 1 amide bonds. The Morgan fingerprint density at radius 3 is 2.70 bits per heavy atom. The van der Waals surface area contributed by atoms with Gasteiger partial charge in [-0.1, -0.05) is 29.8 Å². The zero-order valence-electron chi connectivity index (χ0n) is 14.8. The molecule has 27 heavy (non-hydrogen) atoms. The van der Waals surface area contributed by atoms with Crippen molar-refractivity contribution in [2.24, 2.45) is 7.05 Å². The zero-order chi connectivity index (χ0) is 19.4. The lowest BCUT2D eigenvalue weighted by Gasteiger charge is -2.26. The molecular formula is C16H20ClN5O3S2. The fourth-order valence-electron chi connectivity index (χ4n) is 2.73. The minimum absolute atomic E-state index is 0.103. The number of nitrogens with one attached hydrogen (secondary N) is 1. The molecule has 0 bridgehead atoms. The highest BCUT2D eigenvalue weighted by Crippen LogP contribution is 2.28. The number of aryl methyl sites for hydroxylation is 1. The third-order valence-electron chi connectivity index (χ3n) is 4.17. The maximum absolute atomic E-state index is 12.8. The summed E-state index contributed by atoms with van der Waals surface area (Å²) in [7, 11) is -1.81. The number of rotatable bonds is 6. The van der Waals surface area contributed by atoms with E-state index < -0.39 is 10.0 Å². The molecule has 0 saturated carbocycles. The van der Waals surface area contributed by atoms with E-state index >= 15 is 0 Å². The van der Waals surface area contributed by atoms with Gasteiger partial charge in [0.2, 0.25) is 15.9 Å². The molecule has 1 fully saturated rings. The van der Waals surface area contributed by atoms with Crippen molar-refractivity contribution in [3.05, 3.63) is 29.5 Å². The molecule has 1 aromatic carbocycles. The highest BCUT2D eigenvalue weighted by atomic mass is 35.5. The first kappa shape index (κ1) is 20.1. The van der Waals surface area contributed by atoms with Gasteiger partial charge in [-0.15, -0.1) is 10.2 Å². The van der Waals surface area contributed by atoms with Crippen molar-refractivity contribution in [2.75, 3.05) is 24.2 Å². The van der Waals surface area contributed by atoms with E-state index in [1.807, 2.05) is 0 Å². The molecule has 3 rings (SSSR count). The fraction of sp³-hybridized carbons (Fsp3) is 0.438. The minimum atomic E-state index is -3.59. The summed E-state index contributed by atoms with van der Waals surface area (Å²) in [5.41, 5.74) is 0.276. The molecule has 1 saturated heterocycles. The molecule has 0 aliphatic carbocycles. The van der Waals surface area contributed by atoms with Crippen molar-refractivity contribution in [3.63, 3.8) is 0 Å². The van der Waals surface area contributed by atoms with Crippen molar-refractivity contribution in [2.45, 2.75) is 29.3 Å². The maximum Gasteiger partial charge on any atom is 0.243 e. The van der Waals surface area contributed by atoms with Gasteiger partial charge >= 0.3 is 0 Å². The molecule has 11 heteroatoms. The van der Waals surface area contributed by atoms with Gasteiger partial charge in [0.1, 0.15) is 6.33 Å². The van der Waals surface area contributed by atoms with E-state index in [-0.39, 0.29) is 27.3 Å². The molecule has 1 aliphatic heterocycles. The molecular weight excluding hydrogens is 410 g/mol. The Bertz CT molecular complexity index is 926. The highest BCUT2D eigenvalue weighted by Gasteiger charge is 2.26. The van der Waals surface area contributed by atoms with E-state index in [1.54, 1.807) is 17.9 Å². The number of piperidine rings is 1. The number of hydrogen-bond donors (Lipinski definition) is 1. The molecule has 2 aromatic rings.